The molecule has 1 amide bonds. The third-order valence-electron chi connectivity index (χ3n) is 2.95. The van der Waals surface area contributed by atoms with Crippen LogP contribution >= 0.6 is 35.0 Å². The largest absolute Gasteiger partial charge is 0.383 e. The number of hydrogen-bond donors (Lipinski definition) is 0. The van der Waals surface area contributed by atoms with Crippen LogP contribution in [0.2, 0.25) is 0 Å². The molecule has 1 heterocycles. The Kier molecular flexibility index (Phi) is 7.95. The van der Waals surface area contributed by atoms with Gasteiger partial charge in [0.15, 0.2) is 0 Å². The Hall–Kier alpha value is -1.17. The van der Waals surface area contributed by atoms with Crippen LogP contribution in [0, 0.1) is 0 Å². The maximum absolute atomic E-state index is 12.1. The highest BCUT2D eigenvalue weighted by atomic mass is 35.5. The molecule has 0 aromatic heterocycles. The molecule has 7 heteroatoms. The quantitative estimate of drug-likeness (QED) is 0.386. The van der Waals surface area contributed by atoms with E-state index in [1.807, 2.05) is 32.0 Å². The summed E-state index contributed by atoms with van der Waals surface area (Å²) in [6, 6.07) is 0. The summed E-state index contributed by atoms with van der Waals surface area (Å²) < 4.78 is 0. The van der Waals surface area contributed by atoms with Crippen LogP contribution in [-0.2, 0) is 4.79 Å². The third-order valence-corrected chi connectivity index (χ3v) is 4.90. The van der Waals surface area contributed by atoms with Crippen LogP contribution in [0.3, 0.4) is 0 Å². The number of amides is 1. The summed E-state index contributed by atoms with van der Waals surface area (Å²) in [5.74, 6) is 0.830. The van der Waals surface area contributed by atoms with Crippen molar-refractivity contribution < 1.29 is 4.79 Å². The highest BCUT2D eigenvalue weighted by Gasteiger charge is 2.27. The van der Waals surface area contributed by atoms with Gasteiger partial charge in [0.05, 0.1) is 17.2 Å². The first-order chi connectivity index (χ1) is 10.8. The number of likely N-dealkylation sites (N-methyl/N-ethyl adjacent to an activating group) is 1. The summed E-state index contributed by atoms with van der Waals surface area (Å²) in [5, 5.41) is 6.25. The van der Waals surface area contributed by atoms with E-state index in [4.69, 9.17) is 23.2 Å². The van der Waals surface area contributed by atoms with Crippen molar-refractivity contribution in [2.75, 3.05) is 32.8 Å². The molecule has 4 nitrogen and oxygen atoms in total. The molecule has 0 saturated carbocycles. The summed E-state index contributed by atoms with van der Waals surface area (Å²) in [6.45, 7) is 5.55. The van der Waals surface area contributed by atoms with Gasteiger partial charge in [-0.25, -0.2) is 5.01 Å². The van der Waals surface area contributed by atoms with Gasteiger partial charge in [-0.3, -0.25) is 4.79 Å². The van der Waals surface area contributed by atoms with Gasteiger partial charge in [0.1, 0.15) is 0 Å². The minimum absolute atomic E-state index is 0.100. The molecular formula is C16H21Cl2N3OS. The van der Waals surface area contributed by atoms with Gasteiger partial charge in [-0.2, -0.15) is 5.10 Å². The Morgan fingerprint density at radius 2 is 2.13 bits per heavy atom. The Labute approximate surface area is 152 Å². The second-order valence-corrected chi connectivity index (χ2v) is 6.93. The van der Waals surface area contributed by atoms with Gasteiger partial charge < -0.3 is 4.90 Å². The summed E-state index contributed by atoms with van der Waals surface area (Å²) in [4.78, 5) is 14.9. The number of rotatable bonds is 7. The Morgan fingerprint density at radius 1 is 1.48 bits per heavy atom. The van der Waals surface area contributed by atoms with Crippen molar-refractivity contribution >= 4 is 46.6 Å². The molecule has 0 N–H and O–H groups in total. The maximum Gasteiger partial charge on any atom is 0.277 e. The van der Waals surface area contributed by atoms with E-state index in [9.17, 15) is 4.79 Å². The monoisotopic (exact) mass is 373 g/mol. The third kappa shape index (κ3) is 5.75. The number of halogens is 2. The van der Waals surface area contributed by atoms with Gasteiger partial charge in [0.2, 0.25) is 0 Å². The van der Waals surface area contributed by atoms with Crippen molar-refractivity contribution in [2.45, 2.75) is 6.92 Å². The number of hydrazone groups is 1. The molecule has 1 aliphatic heterocycles. The molecule has 0 aromatic rings. The molecule has 0 aromatic carbocycles. The molecular weight excluding hydrogens is 353 g/mol. The Bertz CT molecular complexity index is 606. The zero-order valence-electron chi connectivity index (χ0n) is 13.8. The van der Waals surface area contributed by atoms with Gasteiger partial charge in [0.25, 0.3) is 5.91 Å². The first-order valence-corrected chi connectivity index (χ1v) is 8.82. The number of allylic oxidation sites excluding steroid dienone is 5. The Balaban J connectivity index is 2.90. The van der Waals surface area contributed by atoms with Crippen LogP contribution in [0.4, 0.5) is 0 Å². The smallest absolute Gasteiger partial charge is 0.277 e. The van der Waals surface area contributed by atoms with E-state index < -0.39 is 0 Å². The zero-order chi connectivity index (χ0) is 17.6. The second kappa shape index (κ2) is 9.21. The summed E-state index contributed by atoms with van der Waals surface area (Å²) in [7, 11) is 5.40. The van der Waals surface area contributed by atoms with E-state index in [0.29, 0.717) is 22.2 Å². The fraction of sp³-hybridized carbons (Fsp3) is 0.375. The highest BCUT2D eigenvalue weighted by Crippen LogP contribution is 2.25. The standard InChI is InChI=1S/C16H21Cl2N3OS/c1-6-14(18)11(2)7-12(8-17)23-10-15-13(9-20(3)4)16(22)21(5)19-15/h6-7,9H,1,8,10H2,2-5H3/b12-7+,13-9+,14-11+. The van der Waals surface area contributed by atoms with Gasteiger partial charge >= 0.3 is 0 Å². The molecule has 1 aliphatic rings. The van der Waals surface area contributed by atoms with Gasteiger partial charge in [-0.05, 0) is 18.6 Å². The molecule has 126 valence electrons. The fourth-order valence-electron chi connectivity index (χ4n) is 1.82. The summed E-state index contributed by atoms with van der Waals surface area (Å²) in [6.07, 6.45) is 5.31. The predicted octanol–water partition coefficient (Wildman–Crippen LogP) is 3.81. The van der Waals surface area contributed by atoms with E-state index in [0.717, 1.165) is 16.2 Å². The number of carbonyl (C=O) groups excluding carboxylic acids is 1. The maximum atomic E-state index is 12.1. The number of hydrogen-bond acceptors (Lipinski definition) is 4. The molecule has 0 atom stereocenters. The predicted molar refractivity (Wildman–Crippen MR) is 102 cm³/mol. The molecule has 23 heavy (non-hydrogen) atoms. The number of nitrogens with zero attached hydrogens (tertiary/aromatic N) is 3. The van der Waals surface area contributed by atoms with Crippen molar-refractivity contribution in [1.82, 2.24) is 9.91 Å². The lowest BCUT2D eigenvalue weighted by atomic mass is 10.2. The molecule has 0 bridgehead atoms. The van der Waals surface area contributed by atoms with Crippen molar-refractivity contribution in [3.8, 4) is 0 Å². The van der Waals surface area contributed by atoms with Crippen LogP contribution in [0.15, 0.2) is 51.1 Å². The molecule has 0 unspecified atom stereocenters. The lowest BCUT2D eigenvalue weighted by Gasteiger charge is -2.09. The SMILES string of the molecule is C=C/C(Cl)=C(C)\C=C(/CCl)SCC1=NN(C)C(=O)/C1=C/N(C)C. The summed E-state index contributed by atoms with van der Waals surface area (Å²) >= 11 is 13.6. The molecule has 0 aliphatic carbocycles. The van der Waals surface area contributed by atoms with E-state index in [-0.39, 0.29) is 5.91 Å². The number of thioether (sulfide) groups is 1. The lowest BCUT2D eigenvalue weighted by molar-refractivity contribution is -0.124. The minimum Gasteiger partial charge on any atom is -0.383 e. The van der Waals surface area contributed by atoms with Gasteiger partial charge in [0, 0.05) is 43.0 Å². The molecule has 0 saturated heterocycles. The second-order valence-electron chi connectivity index (χ2n) is 5.15. The number of carbonyl (C=O) groups is 1. The first kappa shape index (κ1) is 19.9. The minimum atomic E-state index is -0.100. The highest BCUT2D eigenvalue weighted by molar-refractivity contribution is 8.03. The van der Waals surface area contributed by atoms with Crippen molar-refractivity contribution in [1.29, 1.82) is 0 Å². The van der Waals surface area contributed by atoms with E-state index in [1.54, 1.807) is 31.1 Å². The average molecular weight is 374 g/mol. The zero-order valence-corrected chi connectivity index (χ0v) is 16.1. The van der Waals surface area contributed by atoms with Crippen LogP contribution < -0.4 is 0 Å². The van der Waals surface area contributed by atoms with Crippen LogP contribution in [-0.4, -0.2) is 54.3 Å². The average Bonchev–Trinajstić information content (AvgIpc) is 2.77. The topological polar surface area (TPSA) is 35.9 Å². The van der Waals surface area contributed by atoms with Gasteiger partial charge in [-0.15, -0.1) is 23.4 Å². The first-order valence-electron chi connectivity index (χ1n) is 6.92. The lowest BCUT2D eigenvalue weighted by Crippen LogP contribution is -2.19. The summed E-state index contributed by atoms with van der Waals surface area (Å²) in [5.41, 5.74) is 2.24. The van der Waals surface area contributed by atoms with Crippen molar-refractivity contribution in [3.63, 3.8) is 0 Å². The Morgan fingerprint density at radius 3 is 2.65 bits per heavy atom. The van der Waals surface area contributed by atoms with Crippen molar-refractivity contribution in [2.24, 2.45) is 5.10 Å². The molecule has 1 rings (SSSR count). The van der Waals surface area contributed by atoms with Crippen LogP contribution in [0.1, 0.15) is 6.92 Å². The number of alkyl halides is 1. The normalized spacial score (nSPS) is 18.3. The van der Waals surface area contributed by atoms with Gasteiger partial charge in [-0.1, -0.05) is 24.3 Å². The van der Waals surface area contributed by atoms with Crippen LogP contribution in [0.5, 0.6) is 0 Å². The molecule has 0 fully saturated rings. The van der Waals surface area contributed by atoms with E-state index in [1.165, 1.54) is 5.01 Å². The fourth-order valence-corrected chi connectivity index (χ4v) is 3.06. The van der Waals surface area contributed by atoms with Crippen LogP contribution in [0.25, 0.3) is 0 Å². The van der Waals surface area contributed by atoms with E-state index in [2.05, 4.69) is 11.7 Å². The van der Waals surface area contributed by atoms with Crippen molar-refractivity contribution in [3.05, 3.63) is 46.0 Å². The van der Waals surface area contributed by atoms with E-state index >= 15 is 0 Å². The molecule has 0 spiro atoms. The molecule has 0 radical (unpaired) electrons.